The van der Waals surface area contributed by atoms with E-state index in [-0.39, 0.29) is 11.9 Å². The first-order valence-electron chi connectivity index (χ1n) is 7.45. The van der Waals surface area contributed by atoms with Gasteiger partial charge in [0, 0.05) is 5.69 Å². The molecule has 2 aliphatic rings. The van der Waals surface area contributed by atoms with Gasteiger partial charge in [-0.3, -0.25) is 4.79 Å². The molecule has 3 rings (SSSR count). The van der Waals surface area contributed by atoms with Gasteiger partial charge in [-0.2, -0.15) is 0 Å². The third-order valence-corrected chi connectivity index (χ3v) is 4.46. The highest BCUT2D eigenvalue weighted by molar-refractivity contribution is 5.96. The minimum atomic E-state index is -0.0347. The van der Waals surface area contributed by atoms with Crippen molar-refractivity contribution in [2.75, 3.05) is 11.9 Å². The van der Waals surface area contributed by atoms with E-state index in [1.807, 2.05) is 18.2 Å². The van der Waals surface area contributed by atoms with E-state index in [1.54, 1.807) is 0 Å². The molecular formula is C16H22N2O. The van der Waals surface area contributed by atoms with Crippen LogP contribution in [0.15, 0.2) is 24.3 Å². The van der Waals surface area contributed by atoms with E-state index in [2.05, 4.69) is 16.7 Å². The Balaban J connectivity index is 1.54. The molecule has 1 aliphatic carbocycles. The average molecular weight is 258 g/mol. The lowest BCUT2D eigenvalue weighted by Crippen LogP contribution is -2.40. The Morgan fingerprint density at radius 3 is 2.84 bits per heavy atom. The summed E-state index contributed by atoms with van der Waals surface area (Å²) in [4.78, 5) is 12.2. The van der Waals surface area contributed by atoms with E-state index >= 15 is 0 Å². The third kappa shape index (κ3) is 2.98. The van der Waals surface area contributed by atoms with Gasteiger partial charge in [-0.25, -0.2) is 0 Å². The van der Waals surface area contributed by atoms with Gasteiger partial charge in [0.2, 0.25) is 5.91 Å². The zero-order chi connectivity index (χ0) is 13.1. The van der Waals surface area contributed by atoms with E-state index < -0.39 is 0 Å². The number of hydrogen-bond donors (Lipinski definition) is 2. The number of para-hydroxylation sites is 1. The molecule has 1 heterocycles. The Kier molecular flexibility index (Phi) is 3.83. The third-order valence-electron chi connectivity index (χ3n) is 4.46. The van der Waals surface area contributed by atoms with E-state index in [4.69, 9.17) is 0 Å². The van der Waals surface area contributed by atoms with Crippen LogP contribution in [0.3, 0.4) is 0 Å². The van der Waals surface area contributed by atoms with Gasteiger partial charge in [0.05, 0.1) is 6.04 Å². The van der Waals surface area contributed by atoms with Crippen molar-refractivity contribution in [3.05, 3.63) is 29.8 Å². The number of anilines is 1. The summed E-state index contributed by atoms with van der Waals surface area (Å²) in [5.41, 5.74) is 2.23. The smallest absolute Gasteiger partial charge is 0.241 e. The van der Waals surface area contributed by atoms with Gasteiger partial charge < -0.3 is 10.6 Å². The van der Waals surface area contributed by atoms with Crippen LogP contribution in [0.5, 0.6) is 0 Å². The summed E-state index contributed by atoms with van der Waals surface area (Å²) in [5, 5.41) is 6.47. The van der Waals surface area contributed by atoms with Gasteiger partial charge in [0.15, 0.2) is 0 Å². The molecule has 19 heavy (non-hydrogen) atoms. The van der Waals surface area contributed by atoms with Crippen LogP contribution >= 0.6 is 0 Å². The number of carbonyl (C=O) groups excluding carboxylic acids is 1. The van der Waals surface area contributed by atoms with E-state index in [0.29, 0.717) is 0 Å². The lowest BCUT2D eigenvalue weighted by molar-refractivity contribution is -0.118. The van der Waals surface area contributed by atoms with Crippen LogP contribution in [0.4, 0.5) is 5.69 Å². The molecule has 1 fully saturated rings. The van der Waals surface area contributed by atoms with Crippen molar-refractivity contribution >= 4 is 11.6 Å². The molecule has 102 valence electrons. The van der Waals surface area contributed by atoms with Gasteiger partial charge in [0.1, 0.15) is 0 Å². The number of aryl methyl sites for hydroxylation is 1. The zero-order valence-electron chi connectivity index (χ0n) is 11.3. The molecule has 0 bridgehead atoms. The highest BCUT2D eigenvalue weighted by Gasteiger charge is 2.23. The highest BCUT2D eigenvalue weighted by Crippen LogP contribution is 2.29. The van der Waals surface area contributed by atoms with Gasteiger partial charge in [-0.05, 0) is 43.4 Å². The van der Waals surface area contributed by atoms with Crippen LogP contribution in [0, 0.1) is 5.92 Å². The molecule has 0 radical (unpaired) electrons. The van der Waals surface area contributed by atoms with Crippen molar-refractivity contribution in [3.8, 4) is 0 Å². The molecular weight excluding hydrogens is 236 g/mol. The molecule has 1 aromatic rings. The summed E-state index contributed by atoms with van der Waals surface area (Å²) in [6, 6.07) is 8.07. The predicted molar refractivity (Wildman–Crippen MR) is 77.1 cm³/mol. The van der Waals surface area contributed by atoms with E-state index in [0.717, 1.165) is 31.0 Å². The fourth-order valence-corrected chi connectivity index (χ4v) is 2.95. The molecule has 1 unspecified atom stereocenters. The molecule has 1 amide bonds. The van der Waals surface area contributed by atoms with Crippen LogP contribution in [-0.4, -0.2) is 18.5 Å². The average Bonchev–Trinajstić information content (AvgIpc) is 2.52. The summed E-state index contributed by atoms with van der Waals surface area (Å²) in [7, 11) is 0. The molecule has 0 saturated heterocycles. The van der Waals surface area contributed by atoms with Crippen LogP contribution in [-0.2, 0) is 11.2 Å². The minimum Gasteiger partial charge on any atom is -0.324 e. The van der Waals surface area contributed by atoms with E-state index in [9.17, 15) is 4.79 Å². The van der Waals surface area contributed by atoms with Crippen molar-refractivity contribution in [2.45, 2.75) is 44.6 Å². The van der Waals surface area contributed by atoms with Crippen molar-refractivity contribution in [1.82, 2.24) is 5.32 Å². The number of hydrogen-bond acceptors (Lipinski definition) is 2. The predicted octanol–water partition coefficient (Wildman–Crippen LogP) is 2.72. The second kappa shape index (κ2) is 5.74. The van der Waals surface area contributed by atoms with Crippen LogP contribution < -0.4 is 10.6 Å². The second-order valence-corrected chi connectivity index (χ2v) is 5.78. The zero-order valence-corrected chi connectivity index (χ0v) is 11.3. The van der Waals surface area contributed by atoms with Crippen molar-refractivity contribution in [2.24, 2.45) is 5.92 Å². The maximum absolute atomic E-state index is 12.2. The molecule has 3 heteroatoms. The first-order chi connectivity index (χ1) is 9.33. The fraction of sp³-hybridized carbons (Fsp3) is 0.562. The quantitative estimate of drug-likeness (QED) is 0.872. The molecule has 1 aromatic carbocycles. The highest BCUT2D eigenvalue weighted by atomic mass is 16.2. The number of benzene rings is 1. The minimum absolute atomic E-state index is 0.0347. The van der Waals surface area contributed by atoms with Crippen LogP contribution in [0.25, 0.3) is 0 Å². The Morgan fingerprint density at radius 1 is 1.21 bits per heavy atom. The Labute approximate surface area is 114 Å². The molecule has 2 N–H and O–H groups in total. The largest absolute Gasteiger partial charge is 0.324 e. The summed E-state index contributed by atoms with van der Waals surface area (Å²) >= 11 is 0. The van der Waals surface area contributed by atoms with Crippen LogP contribution in [0.1, 0.15) is 37.7 Å². The van der Waals surface area contributed by atoms with Crippen LogP contribution in [0.2, 0.25) is 0 Å². The Hall–Kier alpha value is -1.35. The van der Waals surface area contributed by atoms with Gasteiger partial charge >= 0.3 is 0 Å². The molecule has 1 saturated carbocycles. The second-order valence-electron chi connectivity index (χ2n) is 5.78. The summed E-state index contributed by atoms with van der Waals surface area (Å²) in [6.45, 7) is 0.971. The first-order valence-corrected chi connectivity index (χ1v) is 7.45. The number of amides is 1. The number of rotatable bonds is 4. The molecule has 1 aliphatic heterocycles. The maximum atomic E-state index is 12.2. The van der Waals surface area contributed by atoms with Crippen molar-refractivity contribution in [1.29, 1.82) is 0 Å². The topological polar surface area (TPSA) is 41.1 Å². The first kappa shape index (κ1) is 12.7. The maximum Gasteiger partial charge on any atom is 0.241 e. The van der Waals surface area contributed by atoms with Crippen molar-refractivity contribution < 1.29 is 4.79 Å². The standard InChI is InChI=1S/C16H22N2O/c19-16-15(17-11-10-12-4-3-5-12)9-8-13-6-1-2-7-14(13)18-16/h1-2,6-7,12,15,17H,3-5,8-11H2,(H,18,19). The monoisotopic (exact) mass is 258 g/mol. The number of carbonyl (C=O) groups is 1. The molecule has 0 spiro atoms. The Morgan fingerprint density at radius 2 is 2.05 bits per heavy atom. The fourth-order valence-electron chi connectivity index (χ4n) is 2.95. The molecule has 1 atom stereocenters. The summed E-state index contributed by atoms with van der Waals surface area (Å²) < 4.78 is 0. The van der Waals surface area contributed by atoms with E-state index in [1.165, 1.54) is 31.2 Å². The normalized spacial score (nSPS) is 23.2. The lowest BCUT2D eigenvalue weighted by atomic mass is 9.83. The van der Waals surface area contributed by atoms with Crippen molar-refractivity contribution in [3.63, 3.8) is 0 Å². The Bertz CT molecular complexity index is 454. The number of fused-ring (bicyclic) bond motifs is 1. The molecule has 3 nitrogen and oxygen atoms in total. The van der Waals surface area contributed by atoms with Gasteiger partial charge in [-0.1, -0.05) is 37.5 Å². The summed E-state index contributed by atoms with van der Waals surface area (Å²) in [5.74, 6) is 1.03. The van der Waals surface area contributed by atoms with Gasteiger partial charge in [0.25, 0.3) is 0 Å². The summed E-state index contributed by atoms with van der Waals surface area (Å²) in [6.07, 6.45) is 7.23. The molecule has 0 aromatic heterocycles. The lowest BCUT2D eigenvalue weighted by Gasteiger charge is -2.26. The van der Waals surface area contributed by atoms with Gasteiger partial charge in [-0.15, -0.1) is 0 Å². The number of nitrogens with one attached hydrogen (secondary N) is 2. The SMILES string of the molecule is O=C1Nc2ccccc2CCC1NCCC1CCC1.